The maximum atomic E-state index is 11.8. The summed E-state index contributed by atoms with van der Waals surface area (Å²) < 4.78 is 16.0. The van der Waals surface area contributed by atoms with E-state index >= 15 is 0 Å². The Hall–Kier alpha value is -3.21. The van der Waals surface area contributed by atoms with Crippen LogP contribution in [0.2, 0.25) is 0 Å². The molecule has 5 nitrogen and oxygen atoms in total. The number of rotatable bonds is 5. The van der Waals surface area contributed by atoms with Gasteiger partial charge in [-0.05, 0) is 18.6 Å². The Bertz CT molecular complexity index is 874. The Balaban J connectivity index is 2.00. The quantitative estimate of drug-likeness (QED) is 0.507. The number of benzene rings is 3. The minimum absolute atomic E-state index is 0.0197. The Morgan fingerprint density at radius 2 is 1.64 bits per heavy atom. The van der Waals surface area contributed by atoms with Crippen LogP contribution in [0.3, 0.4) is 0 Å². The van der Waals surface area contributed by atoms with Gasteiger partial charge in [0.15, 0.2) is 11.5 Å². The average molecular weight is 338 g/mol. The third-order valence-corrected chi connectivity index (χ3v) is 3.53. The van der Waals surface area contributed by atoms with Crippen molar-refractivity contribution in [3.05, 3.63) is 60.7 Å². The molecule has 0 radical (unpaired) electrons. The number of carbonyl (C=O) groups excluding carboxylic acids is 1. The summed E-state index contributed by atoms with van der Waals surface area (Å²) in [6.07, 6.45) is -0.0864. The van der Waals surface area contributed by atoms with Crippen molar-refractivity contribution in [2.45, 2.75) is 13.3 Å². The zero-order valence-electron chi connectivity index (χ0n) is 13.8. The number of phenolic OH excluding ortho intramolecular Hbond substituents is 1. The molecule has 0 bridgehead atoms. The van der Waals surface area contributed by atoms with E-state index < -0.39 is 6.16 Å². The lowest BCUT2D eigenvalue weighted by molar-refractivity contribution is 0.0996. The molecule has 0 aromatic heterocycles. The molecule has 0 unspecified atom stereocenters. The topological polar surface area (TPSA) is 65.0 Å². The van der Waals surface area contributed by atoms with Crippen LogP contribution in [-0.4, -0.2) is 17.9 Å². The molecule has 0 aliphatic heterocycles. The van der Waals surface area contributed by atoms with Gasteiger partial charge >= 0.3 is 6.16 Å². The highest BCUT2D eigenvalue weighted by Gasteiger charge is 2.17. The fourth-order valence-corrected chi connectivity index (χ4v) is 2.38. The summed E-state index contributed by atoms with van der Waals surface area (Å²) in [4.78, 5) is 11.8. The van der Waals surface area contributed by atoms with Crippen molar-refractivity contribution in [3.63, 3.8) is 0 Å². The standard InChI is InChI=1S/C20H18O5/c1-2-12-23-20(22)25-17-13-18(24-14-8-4-3-5-9-14)19(21)16-11-7-6-10-15(16)17/h3-11,13,21H,2,12H2,1H3. The number of hydrogen-bond acceptors (Lipinski definition) is 5. The monoisotopic (exact) mass is 338 g/mol. The van der Waals surface area contributed by atoms with Gasteiger partial charge in [-0.2, -0.15) is 0 Å². The Labute approximate surface area is 145 Å². The maximum Gasteiger partial charge on any atom is 0.513 e. The van der Waals surface area contributed by atoms with Crippen LogP contribution in [0.1, 0.15) is 13.3 Å². The first-order valence-corrected chi connectivity index (χ1v) is 8.01. The zero-order valence-corrected chi connectivity index (χ0v) is 13.8. The van der Waals surface area contributed by atoms with Crippen LogP contribution in [-0.2, 0) is 4.74 Å². The molecule has 3 aromatic carbocycles. The molecule has 25 heavy (non-hydrogen) atoms. The third kappa shape index (κ3) is 3.83. The van der Waals surface area contributed by atoms with E-state index in [-0.39, 0.29) is 23.9 Å². The van der Waals surface area contributed by atoms with E-state index in [0.29, 0.717) is 22.9 Å². The molecule has 0 saturated carbocycles. The number of carbonyl (C=O) groups is 1. The van der Waals surface area contributed by atoms with Gasteiger partial charge in [-0.25, -0.2) is 4.79 Å². The van der Waals surface area contributed by atoms with Crippen LogP contribution in [0.15, 0.2) is 60.7 Å². The molecule has 0 atom stereocenters. The normalized spacial score (nSPS) is 10.4. The van der Waals surface area contributed by atoms with Crippen molar-refractivity contribution in [2.24, 2.45) is 0 Å². The van der Waals surface area contributed by atoms with E-state index in [9.17, 15) is 9.90 Å². The minimum Gasteiger partial charge on any atom is -0.504 e. The summed E-state index contributed by atoms with van der Waals surface area (Å²) in [6, 6.07) is 17.6. The van der Waals surface area contributed by atoms with Crippen molar-refractivity contribution in [3.8, 4) is 23.0 Å². The van der Waals surface area contributed by atoms with Crippen molar-refractivity contribution < 1.29 is 24.1 Å². The second kappa shape index (κ2) is 7.57. The first-order valence-electron chi connectivity index (χ1n) is 8.01. The predicted octanol–water partition coefficient (Wildman–Crippen LogP) is 5.26. The summed E-state index contributed by atoms with van der Waals surface area (Å²) in [5.74, 6) is 1.00. The Morgan fingerprint density at radius 3 is 2.36 bits per heavy atom. The average Bonchev–Trinajstić information content (AvgIpc) is 2.64. The lowest BCUT2D eigenvalue weighted by atomic mass is 10.1. The number of phenols is 1. The largest absolute Gasteiger partial charge is 0.513 e. The van der Waals surface area contributed by atoms with Gasteiger partial charge in [-0.1, -0.05) is 49.4 Å². The van der Waals surface area contributed by atoms with Gasteiger partial charge in [-0.3, -0.25) is 0 Å². The van der Waals surface area contributed by atoms with Crippen LogP contribution >= 0.6 is 0 Å². The van der Waals surface area contributed by atoms with E-state index in [1.165, 1.54) is 6.07 Å². The summed E-state index contributed by atoms with van der Waals surface area (Å²) in [6.45, 7) is 2.18. The first-order chi connectivity index (χ1) is 12.2. The molecule has 3 rings (SSSR count). The van der Waals surface area contributed by atoms with Crippen LogP contribution < -0.4 is 9.47 Å². The smallest absolute Gasteiger partial charge is 0.504 e. The van der Waals surface area contributed by atoms with Crippen molar-refractivity contribution >= 4 is 16.9 Å². The predicted molar refractivity (Wildman–Crippen MR) is 94.4 cm³/mol. The molecule has 128 valence electrons. The van der Waals surface area contributed by atoms with Crippen LogP contribution in [0, 0.1) is 0 Å². The van der Waals surface area contributed by atoms with Crippen molar-refractivity contribution in [1.29, 1.82) is 0 Å². The highest BCUT2D eigenvalue weighted by molar-refractivity contribution is 5.96. The van der Waals surface area contributed by atoms with E-state index in [4.69, 9.17) is 14.2 Å². The van der Waals surface area contributed by atoms with Crippen molar-refractivity contribution in [1.82, 2.24) is 0 Å². The lowest BCUT2D eigenvalue weighted by Crippen LogP contribution is -2.11. The molecule has 0 heterocycles. The van der Waals surface area contributed by atoms with Gasteiger partial charge in [0.2, 0.25) is 0 Å². The van der Waals surface area contributed by atoms with Gasteiger partial charge in [0.05, 0.1) is 6.61 Å². The summed E-state index contributed by atoms with van der Waals surface area (Å²) >= 11 is 0. The van der Waals surface area contributed by atoms with E-state index in [1.54, 1.807) is 36.4 Å². The molecule has 3 aromatic rings. The van der Waals surface area contributed by atoms with Gasteiger partial charge in [0.25, 0.3) is 0 Å². The SMILES string of the molecule is CCCOC(=O)Oc1cc(Oc2ccccc2)c(O)c2ccccc12. The van der Waals surface area contributed by atoms with Crippen molar-refractivity contribution in [2.75, 3.05) is 6.61 Å². The second-order valence-electron chi connectivity index (χ2n) is 5.38. The molecular formula is C20H18O5. The van der Waals surface area contributed by atoms with Gasteiger partial charge in [0, 0.05) is 16.8 Å². The fourth-order valence-electron chi connectivity index (χ4n) is 2.38. The van der Waals surface area contributed by atoms with Gasteiger partial charge < -0.3 is 19.3 Å². The summed E-state index contributed by atoms with van der Waals surface area (Å²) in [7, 11) is 0. The fraction of sp³-hybridized carbons (Fsp3) is 0.150. The molecule has 0 amide bonds. The maximum absolute atomic E-state index is 11.8. The van der Waals surface area contributed by atoms with Crippen LogP contribution in [0.25, 0.3) is 10.8 Å². The molecule has 0 aliphatic rings. The van der Waals surface area contributed by atoms with E-state index in [1.807, 2.05) is 25.1 Å². The second-order valence-corrected chi connectivity index (χ2v) is 5.38. The summed E-state index contributed by atoms with van der Waals surface area (Å²) in [5.41, 5.74) is 0. The van der Waals surface area contributed by atoms with E-state index in [0.717, 1.165) is 0 Å². The first kappa shape index (κ1) is 16.6. The van der Waals surface area contributed by atoms with Gasteiger partial charge in [0.1, 0.15) is 11.5 Å². The third-order valence-electron chi connectivity index (χ3n) is 3.53. The Kier molecular flexibility index (Phi) is 5.04. The minimum atomic E-state index is -0.789. The number of fused-ring (bicyclic) bond motifs is 1. The number of para-hydroxylation sites is 1. The van der Waals surface area contributed by atoms with E-state index in [2.05, 4.69) is 0 Å². The highest BCUT2D eigenvalue weighted by atomic mass is 16.7. The molecule has 0 saturated heterocycles. The number of aromatic hydroxyl groups is 1. The number of ether oxygens (including phenoxy) is 3. The van der Waals surface area contributed by atoms with Gasteiger partial charge in [-0.15, -0.1) is 0 Å². The van der Waals surface area contributed by atoms with Crippen LogP contribution in [0.5, 0.6) is 23.0 Å². The molecule has 0 aliphatic carbocycles. The lowest BCUT2D eigenvalue weighted by Gasteiger charge is -2.13. The molecule has 1 N–H and O–H groups in total. The molecule has 0 spiro atoms. The Morgan fingerprint density at radius 1 is 0.960 bits per heavy atom. The summed E-state index contributed by atoms with van der Waals surface area (Å²) in [5, 5.41) is 11.6. The molecule has 0 fully saturated rings. The molecular weight excluding hydrogens is 320 g/mol. The number of hydrogen-bond donors (Lipinski definition) is 1. The highest BCUT2D eigenvalue weighted by Crippen LogP contribution is 2.42. The zero-order chi connectivity index (χ0) is 17.6. The molecule has 5 heteroatoms. The van der Waals surface area contributed by atoms with Crippen LogP contribution in [0.4, 0.5) is 4.79 Å².